The summed E-state index contributed by atoms with van der Waals surface area (Å²) in [5.41, 5.74) is 28.4. The molecule has 0 amide bonds. The van der Waals surface area contributed by atoms with Crippen molar-refractivity contribution < 1.29 is 0 Å². The van der Waals surface area contributed by atoms with Crippen molar-refractivity contribution in [2.45, 2.75) is 155 Å². The molecular weight excluding hydrogens is 1020 g/mol. The fraction of sp³-hybridized carbons (Fsp3) is 0.316. The number of benzene rings is 9. The normalized spacial score (nSPS) is 20.8. The van der Waals surface area contributed by atoms with Gasteiger partial charge < -0.3 is 9.80 Å². The van der Waals surface area contributed by atoms with Gasteiger partial charge in [0.25, 0.3) is 6.71 Å². The van der Waals surface area contributed by atoms with Crippen LogP contribution < -0.4 is 26.2 Å². The predicted octanol–water partition coefficient (Wildman–Crippen LogP) is 19.9. The SMILES string of the molecule is Cc1cc2c3c(c1)N(c1cccc4c1sc1ccccc14)c1cc(CC4c5ccc(C(C)(C)C)cc5C5(C)CCCCC45C)ccc1B3c1cc3c(cc1N2c1ccc(C(C)(C)C)cc1-c1ccccc1)C(C)(C)c1ccccc1C3(C)C. The first-order valence-electron chi connectivity index (χ1n) is 31.0. The summed E-state index contributed by atoms with van der Waals surface area (Å²) in [5, 5.41) is 2.65. The lowest BCUT2D eigenvalue weighted by molar-refractivity contribution is 0.0794. The zero-order valence-electron chi connectivity index (χ0n) is 51.2. The molecule has 0 N–H and O–H groups in total. The van der Waals surface area contributed by atoms with Crippen molar-refractivity contribution in [3.05, 3.63) is 232 Å². The van der Waals surface area contributed by atoms with Crippen molar-refractivity contribution in [1.82, 2.24) is 0 Å². The average molecular weight is 1100 g/mol. The van der Waals surface area contributed by atoms with E-state index in [0.717, 1.165) is 6.42 Å². The lowest BCUT2D eigenvalue weighted by Gasteiger charge is -2.49. The predicted molar refractivity (Wildman–Crippen MR) is 358 cm³/mol. The second-order valence-corrected chi connectivity index (χ2v) is 30.4. The fourth-order valence-corrected chi connectivity index (χ4v) is 18.2. The lowest BCUT2D eigenvalue weighted by atomic mass is 9.33. The van der Waals surface area contributed by atoms with Crippen LogP contribution in [0.3, 0.4) is 0 Å². The minimum absolute atomic E-state index is 0.0358. The van der Waals surface area contributed by atoms with Gasteiger partial charge in [-0.05, 0) is 180 Å². The van der Waals surface area contributed by atoms with Gasteiger partial charge in [0, 0.05) is 54.6 Å². The molecule has 5 aliphatic rings. The molecule has 2 aliphatic heterocycles. The molecule has 0 spiro atoms. The molecule has 1 aromatic heterocycles. The maximum Gasteiger partial charge on any atom is 0.252 e. The molecule has 1 saturated carbocycles. The van der Waals surface area contributed by atoms with E-state index in [0.29, 0.717) is 5.92 Å². The van der Waals surface area contributed by atoms with E-state index >= 15 is 0 Å². The Kier molecular flexibility index (Phi) is 11.4. The number of hydrogen-bond acceptors (Lipinski definition) is 3. The van der Waals surface area contributed by atoms with E-state index in [1.165, 1.54) is 152 Å². The van der Waals surface area contributed by atoms with E-state index < -0.39 is 0 Å². The van der Waals surface area contributed by atoms with Gasteiger partial charge >= 0.3 is 0 Å². The Morgan fingerprint density at radius 1 is 0.494 bits per heavy atom. The van der Waals surface area contributed by atoms with E-state index in [1.807, 2.05) is 11.3 Å². The summed E-state index contributed by atoms with van der Waals surface area (Å²) in [4.78, 5) is 5.44. The highest BCUT2D eigenvalue weighted by Gasteiger charge is 2.58. The molecule has 0 saturated heterocycles. The molecule has 0 radical (unpaired) electrons. The molecule has 3 atom stereocenters. The van der Waals surface area contributed by atoms with Crippen molar-refractivity contribution in [3.63, 3.8) is 0 Å². The summed E-state index contributed by atoms with van der Waals surface area (Å²) in [6, 6.07) is 69.9. The van der Waals surface area contributed by atoms with Crippen molar-refractivity contribution in [1.29, 1.82) is 0 Å². The van der Waals surface area contributed by atoms with Gasteiger partial charge in [-0.1, -0.05) is 223 Å². The number of hydrogen-bond donors (Lipinski definition) is 0. The molecule has 83 heavy (non-hydrogen) atoms. The van der Waals surface area contributed by atoms with Gasteiger partial charge in [0.1, 0.15) is 0 Å². The molecule has 2 nitrogen and oxygen atoms in total. The first-order valence-corrected chi connectivity index (χ1v) is 31.8. The third kappa shape index (κ3) is 7.52. The van der Waals surface area contributed by atoms with Gasteiger partial charge in [-0.3, -0.25) is 0 Å². The van der Waals surface area contributed by atoms with Crippen LogP contribution in [0.5, 0.6) is 0 Å². The van der Waals surface area contributed by atoms with Crippen molar-refractivity contribution in [2.75, 3.05) is 9.80 Å². The zero-order valence-corrected chi connectivity index (χ0v) is 52.1. The molecule has 3 unspecified atom stereocenters. The van der Waals surface area contributed by atoms with E-state index in [1.54, 1.807) is 11.1 Å². The number of aryl methyl sites for hydroxylation is 1. The van der Waals surface area contributed by atoms with Crippen LogP contribution in [-0.4, -0.2) is 6.71 Å². The van der Waals surface area contributed by atoms with Crippen LogP contribution in [0.2, 0.25) is 0 Å². The monoisotopic (exact) mass is 1100 g/mol. The van der Waals surface area contributed by atoms with E-state index in [2.05, 4.69) is 276 Å². The first-order chi connectivity index (χ1) is 39.6. The molecule has 1 fully saturated rings. The van der Waals surface area contributed by atoms with Crippen molar-refractivity contribution in [2.24, 2.45) is 5.41 Å². The summed E-state index contributed by atoms with van der Waals surface area (Å²) in [5.74, 6) is 0.409. The Labute approximate surface area is 498 Å². The summed E-state index contributed by atoms with van der Waals surface area (Å²) in [7, 11) is 0. The van der Waals surface area contributed by atoms with Crippen LogP contribution >= 0.6 is 11.3 Å². The summed E-state index contributed by atoms with van der Waals surface area (Å²) < 4.78 is 2.66. The average Bonchev–Trinajstić information content (AvgIpc) is 1.21. The van der Waals surface area contributed by atoms with Crippen molar-refractivity contribution in [3.8, 4) is 11.1 Å². The number of fused-ring (bicyclic) bond motifs is 12. The van der Waals surface area contributed by atoms with Crippen LogP contribution in [0.25, 0.3) is 31.3 Å². The molecule has 3 heterocycles. The highest BCUT2D eigenvalue weighted by atomic mass is 32.1. The smallest absolute Gasteiger partial charge is 0.252 e. The van der Waals surface area contributed by atoms with Gasteiger partial charge in [0.2, 0.25) is 0 Å². The highest BCUT2D eigenvalue weighted by molar-refractivity contribution is 7.26. The van der Waals surface area contributed by atoms with Crippen LogP contribution in [0.1, 0.15) is 170 Å². The third-order valence-corrected chi connectivity index (χ3v) is 23.0. The molecule has 15 rings (SSSR count). The Morgan fingerprint density at radius 3 is 1.83 bits per heavy atom. The number of nitrogens with zero attached hydrogens (tertiary/aromatic N) is 2. The van der Waals surface area contributed by atoms with Gasteiger partial charge in [0.05, 0.1) is 16.1 Å². The second kappa shape index (κ2) is 17.9. The van der Waals surface area contributed by atoms with Gasteiger partial charge in [-0.25, -0.2) is 0 Å². The Hall–Kier alpha value is -7.14. The standard InChI is InChI=1S/C79H79BN2S/c1-48-40-69-72-70(41-48)82(66-30-23-27-54-53-26-17-20-31-71(53)83-73(54)66)67-43-49(42-59-55-35-33-52(75(5,6)7)45-60(55)79(13)39-22-21-38-78(59,79)12)32-36-63(67)80(72)64-46-61-62(77(10,11)58-29-19-18-28-57(58)76(61,8)9)47-68(64)81(69)65-37-34-51(74(2,3)4)44-56(65)50-24-15-14-16-25-50/h14-20,23-37,40-41,43-47,59H,21-22,38-39,42H2,1-13H3. The molecule has 4 heteroatoms. The summed E-state index contributed by atoms with van der Waals surface area (Å²) in [6.07, 6.45) is 6.12. The number of thiophene rings is 1. The van der Waals surface area contributed by atoms with Crippen LogP contribution in [-0.2, 0) is 33.5 Å². The maximum absolute atomic E-state index is 2.73. The van der Waals surface area contributed by atoms with Crippen LogP contribution in [0.15, 0.2) is 176 Å². The van der Waals surface area contributed by atoms with E-state index in [4.69, 9.17) is 0 Å². The Bertz CT molecular complexity index is 4350. The maximum atomic E-state index is 2.73. The molecule has 3 aliphatic carbocycles. The van der Waals surface area contributed by atoms with Gasteiger partial charge in [-0.2, -0.15) is 0 Å². The van der Waals surface area contributed by atoms with Crippen LogP contribution in [0.4, 0.5) is 34.1 Å². The molecule has 9 aromatic carbocycles. The summed E-state index contributed by atoms with van der Waals surface area (Å²) in [6.45, 7) is 31.7. The quantitative estimate of drug-likeness (QED) is 0.159. The minimum atomic E-state index is -0.240. The Balaban J connectivity index is 1.02. The molecular formula is C79H79BN2S. The highest BCUT2D eigenvalue weighted by Crippen LogP contribution is 2.66. The minimum Gasteiger partial charge on any atom is -0.311 e. The van der Waals surface area contributed by atoms with Crippen molar-refractivity contribution >= 4 is 88.7 Å². The Morgan fingerprint density at radius 2 is 1.11 bits per heavy atom. The molecule has 10 aromatic rings. The third-order valence-electron chi connectivity index (χ3n) is 21.8. The number of rotatable bonds is 5. The molecule has 414 valence electrons. The van der Waals surface area contributed by atoms with E-state index in [-0.39, 0.29) is 39.2 Å². The lowest BCUT2D eigenvalue weighted by Crippen LogP contribution is -2.62. The zero-order chi connectivity index (χ0) is 57.5. The number of anilines is 6. The van der Waals surface area contributed by atoms with E-state index in [9.17, 15) is 0 Å². The molecule has 0 bridgehead atoms. The fourth-order valence-electron chi connectivity index (χ4n) is 17.0. The van der Waals surface area contributed by atoms with Gasteiger partial charge in [0.15, 0.2) is 0 Å². The largest absolute Gasteiger partial charge is 0.311 e. The first kappa shape index (κ1) is 52.7. The van der Waals surface area contributed by atoms with Crippen LogP contribution in [0, 0.1) is 12.3 Å². The topological polar surface area (TPSA) is 6.48 Å². The summed E-state index contributed by atoms with van der Waals surface area (Å²) >= 11 is 1.94. The van der Waals surface area contributed by atoms with Gasteiger partial charge in [-0.15, -0.1) is 11.3 Å². The second-order valence-electron chi connectivity index (χ2n) is 29.3.